The number of rotatable bonds is 9. The van der Waals surface area contributed by atoms with E-state index in [-0.39, 0.29) is 29.2 Å². The van der Waals surface area contributed by atoms with E-state index < -0.39 is 0 Å². The van der Waals surface area contributed by atoms with Crippen molar-refractivity contribution >= 4 is 71.8 Å². The lowest BCUT2D eigenvalue weighted by atomic mass is 9.63. The van der Waals surface area contributed by atoms with Gasteiger partial charge in [-0.2, -0.15) is 0 Å². The second kappa shape index (κ2) is 17.2. The Hall–Kier alpha value is -8.92. The number of aromatic nitrogens is 1. The van der Waals surface area contributed by atoms with Crippen molar-refractivity contribution in [3.63, 3.8) is 0 Å². The lowest BCUT2D eigenvalue weighted by molar-refractivity contribution is 0.378. The van der Waals surface area contributed by atoms with E-state index in [2.05, 4.69) is 300 Å². The molecule has 1 heterocycles. The van der Waals surface area contributed by atoms with E-state index >= 15 is 0 Å². The zero-order valence-electron chi connectivity index (χ0n) is 39.8. The fourth-order valence-electron chi connectivity index (χ4n) is 13.1. The maximum atomic E-state index is 2.63. The van der Waals surface area contributed by atoms with Crippen molar-refractivity contribution in [3.8, 4) is 5.69 Å². The lowest BCUT2D eigenvalue weighted by Crippen LogP contribution is -2.40. The standard InChI is InChI=1S/C69H51N3/c1-5-23-49(24-6-1)69(50-25-7-2-8-26-50)62-35-18-15-34-60(62)68-63(69)36-21-39-66(68)71(52-29-11-4-12-30-52)55-44-45-59-61(47-55)56-31-14-13-22-48(56)46-67(59)70(51-27-9-3-10-28-51)53-40-42-54(43-41-53)72-64-37-19-16-32-57(64)58-33-17-20-38-65(58)72/h1-47,60,62,66,68H. The van der Waals surface area contributed by atoms with Crippen LogP contribution in [0.4, 0.5) is 28.4 Å². The summed E-state index contributed by atoms with van der Waals surface area (Å²) in [4.78, 5) is 5.07. The van der Waals surface area contributed by atoms with E-state index in [1.54, 1.807) is 0 Å². The molecule has 0 saturated heterocycles. The summed E-state index contributed by atoms with van der Waals surface area (Å²) < 4.78 is 2.39. The fraction of sp³-hybridized carbons (Fsp3) is 0.0725. The Bertz CT molecular complexity index is 3850. The molecule has 0 N–H and O–H groups in total. The van der Waals surface area contributed by atoms with Crippen molar-refractivity contribution in [1.82, 2.24) is 4.57 Å². The summed E-state index contributed by atoms with van der Waals surface area (Å²) in [5, 5.41) is 7.35. The highest BCUT2D eigenvalue weighted by atomic mass is 15.2. The molecular weight excluding hydrogens is 871 g/mol. The molecule has 1 fully saturated rings. The first-order valence-corrected chi connectivity index (χ1v) is 25.3. The summed E-state index contributed by atoms with van der Waals surface area (Å²) in [5.41, 5.74) is 13.0. The van der Waals surface area contributed by atoms with Crippen LogP contribution in [0, 0.1) is 17.8 Å². The summed E-state index contributed by atoms with van der Waals surface area (Å²) in [6.45, 7) is 0. The molecule has 10 aromatic carbocycles. The van der Waals surface area contributed by atoms with E-state index in [9.17, 15) is 0 Å². The van der Waals surface area contributed by atoms with Gasteiger partial charge in [-0.1, -0.05) is 206 Å². The van der Waals surface area contributed by atoms with E-state index in [0.717, 1.165) is 28.4 Å². The number of anilines is 5. The molecule has 0 aliphatic heterocycles. The Morgan fingerprint density at radius 3 is 1.60 bits per heavy atom. The molecule has 3 aliphatic rings. The highest BCUT2D eigenvalue weighted by molar-refractivity contribution is 6.16. The highest BCUT2D eigenvalue weighted by Crippen LogP contribution is 2.63. The SMILES string of the molecule is C1=CC2C3C(=CC=CC3N(c3ccccc3)c3ccc4c(N(c5ccccc5)c5ccc(-n6c7ccccc7c7ccccc76)cc5)cc5ccccc5c4c3)C(c3ccccc3)(c3ccccc3)C2C=C1. The molecule has 11 aromatic rings. The number of hydrogen-bond acceptors (Lipinski definition) is 2. The van der Waals surface area contributed by atoms with Crippen LogP contribution in [0.3, 0.4) is 0 Å². The first kappa shape index (κ1) is 42.0. The smallest absolute Gasteiger partial charge is 0.0597 e. The molecule has 0 radical (unpaired) electrons. The predicted molar refractivity (Wildman–Crippen MR) is 302 cm³/mol. The van der Waals surface area contributed by atoms with Gasteiger partial charge >= 0.3 is 0 Å². The largest absolute Gasteiger partial charge is 0.334 e. The monoisotopic (exact) mass is 921 g/mol. The van der Waals surface area contributed by atoms with Crippen molar-refractivity contribution in [2.45, 2.75) is 11.5 Å². The summed E-state index contributed by atoms with van der Waals surface area (Å²) in [7, 11) is 0. The Morgan fingerprint density at radius 1 is 0.389 bits per heavy atom. The van der Waals surface area contributed by atoms with Crippen LogP contribution in [0.1, 0.15) is 11.1 Å². The maximum Gasteiger partial charge on any atom is 0.0597 e. The van der Waals surface area contributed by atoms with Gasteiger partial charge < -0.3 is 14.4 Å². The highest BCUT2D eigenvalue weighted by Gasteiger charge is 2.59. The molecule has 3 aliphatic carbocycles. The molecule has 72 heavy (non-hydrogen) atoms. The number of hydrogen-bond donors (Lipinski definition) is 0. The average molecular weight is 922 g/mol. The van der Waals surface area contributed by atoms with Crippen LogP contribution in [0.2, 0.25) is 0 Å². The predicted octanol–water partition coefficient (Wildman–Crippen LogP) is 17.5. The molecule has 1 aromatic heterocycles. The number of para-hydroxylation sites is 4. The van der Waals surface area contributed by atoms with Gasteiger partial charge in [-0.25, -0.2) is 0 Å². The van der Waals surface area contributed by atoms with Gasteiger partial charge in [-0.15, -0.1) is 0 Å². The van der Waals surface area contributed by atoms with Gasteiger partial charge in [-0.05, 0) is 118 Å². The second-order valence-electron chi connectivity index (χ2n) is 19.5. The molecule has 3 heteroatoms. The van der Waals surface area contributed by atoms with Crippen molar-refractivity contribution in [3.05, 3.63) is 302 Å². The van der Waals surface area contributed by atoms with Gasteiger partial charge in [0, 0.05) is 61.8 Å². The molecule has 342 valence electrons. The first-order chi connectivity index (χ1) is 35.8. The van der Waals surface area contributed by atoms with E-state index in [0.29, 0.717) is 0 Å². The maximum absolute atomic E-state index is 2.63. The number of nitrogens with zero attached hydrogens (tertiary/aromatic N) is 3. The minimum Gasteiger partial charge on any atom is -0.334 e. The molecule has 14 rings (SSSR count). The van der Waals surface area contributed by atoms with Crippen LogP contribution in [0.5, 0.6) is 0 Å². The van der Waals surface area contributed by atoms with Gasteiger partial charge in [0.25, 0.3) is 0 Å². The average Bonchev–Trinajstić information content (AvgIpc) is 3.96. The molecule has 0 amide bonds. The molecule has 3 nitrogen and oxygen atoms in total. The lowest BCUT2D eigenvalue weighted by Gasteiger charge is -2.42. The molecule has 1 saturated carbocycles. The normalized spacial score (nSPS) is 18.6. The van der Waals surface area contributed by atoms with Crippen LogP contribution in [0.25, 0.3) is 49.0 Å². The first-order valence-electron chi connectivity index (χ1n) is 25.3. The Kier molecular flexibility index (Phi) is 10.0. The van der Waals surface area contributed by atoms with Crippen LogP contribution >= 0.6 is 0 Å². The van der Waals surface area contributed by atoms with Crippen molar-refractivity contribution in [2.75, 3.05) is 9.80 Å². The zero-order chi connectivity index (χ0) is 47.6. The third-order valence-electron chi connectivity index (χ3n) is 16.0. The van der Waals surface area contributed by atoms with Crippen molar-refractivity contribution in [2.24, 2.45) is 17.8 Å². The number of allylic oxidation sites excluding steroid dienone is 6. The Morgan fingerprint density at radius 2 is 0.931 bits per heavy atom. The van der Waals surface area contributed by atoms with Gasteiger partial charge in [0.15, 0.2) is 0 Å². The number of benzene rings is 10. The van der Waals surface area contributed by atoms with Gasteiger partial charge in [0.1, 0.15) is 0 Å². The van der Waals surface area contributed by atoms with Crippen LogP contribution < -0.4 is 9.80 Å². The second-order valence-corrected chi connectivity index (χ2v) is 19.5. The third kappa shape index (κ3) is 6.51. The molecule has 4 unspecified atom stereocenters. The summed E-state index contributed by atoms with van der Waals surface area (Å²) in [6, 6.07) is 89.6. The quantitative estimate of drug-likeness (QED) is 0.134. The van der Waals surface area contributed by atoms with Gasteiger partial charge in [-0.3, -0.25) is 0 Å². The molecule has 0 spiro atoms. The number of fused-ring (bicyclic) bond motifs is 9. The van der Waals surface area contributed by atoms with Gasteiger partial charge in [0.2, 0.25) is 0 Å². The Balaban J connectivity index is 0.938. The van der Waals surface area contributed by atoms with Crippen LogP contribution in [-0.4, -0.2) is 10.6 Å². The van der Waals surface area contributed by atoms with E-state index in [4.69, 9.17) is 0 Å². The van der Waals surface area contributed by atoms with Crippen molar-refractivity contribution in [1.29, 1.82) is 0 Å². The van der Waals surface area contributed by atoms with Crippen LogP contribution in [-0.2, 0) is 5.41 Å². The summed E-state index contributed by atoms with van der Waals surface area (Å²) in [5.74, 6) is 0.669. The molecule has 0 bridgehead atoms. The minimum atomic E-state index is -0.346. The summed E-state index contributed by atoms with van der Waals surface area (Å²) in [6.07, 6.45) is 16.8. The molecular formula is C69H51N3. The fourth-order valence-corrected chi connectivity index (χ4v) is 13.1. The summed E-state index contributed by atoms with van der Waals surface area (Å²) >= 11 is 0. The topological polar surface area (TPSA) is 11.4 Å². The van der Waals surface area contributed by atoms with Crippen LogP contribution in [0.15, 0.2) is 291 Å². The van der Waals surface area contributed by atoms with Crippen molar-refractivity contribution < 1.29 is 0 Å². The van der Waals surface area contributed by atoms with Gasteiger partial charge in [0.05, 0.1) is 22.8 Å². The Labute approximate surface area is 420 Å². The van der Waals surface area contributed by atoms with E-state index in [1.165, 1.54) is 65.7 Å². The minimum absolute atomic E-state index is 0.0196. The van der Waals surface area contributed by atoms with E-state index in [1.807, 2.05) is 0 Å². The molecule has 4 atom stereocenters. The third-order valence-corrected chi connectivity index (χ3v) is 16.0. The zero-order valence-corrected chi connectivity index (χ0v) is 39.8.